The summed E-state index contributed by atoms with van der Waals surface area (Å²) in [6.07, 6.45) is 1.52. The van der Waals surface area contributed by atoms with E-state index >= 15 is 0 Å². The van der Waals surface area contributed by atoms with Gasteiger partial charge in [0.2, 0.25) is 0 Å². The molecule has 3 aromatic rings. The fraction of sp³-hybridized carbons (Fsp3) is 0.130. The molecule has 8 nitrogen and oxygen atoms in total. The second kappa shape index (κ2) is 10.5. The van der Waals surface area contributed by atoms with Crippen LogP contribution in [0.5, 0.6) is 11.5 Å². The Hall–Kier alpha value is -4.20. The highest BCUT2D eigenvalue weighted by atomic mass is 16.6. The molecule has 0 atom stereocenters. The van der Waals surface area contributed by atoms with E-state index in [0.29, 0.717) is 23.7 Å². The van der Waals surface area contributed by atoms with Gasteiger partial charge in [-0.1, -0.05) is 12.1 Å². The number of non-ortho nitro benzene ring substituents is 1. The van der Waals surface area contributed by atoms with Gasteiger partial charge in [-0.05, 0) is 66.6 Å². The molecule has 0 aliphatic rings. The average molecular weight is 419 g/mol. The monoisotopic (exact) mass is 419 g/mol. The Kier molecular flexibility index (Phi) is 7.31. The minimum atomic E-state index is -0.442. The smallest absolute Gasteiger partial charge is 0.271 e. The lowest BCUT2D eigenvalue weighted by Crippen LogP contribution is -2.17. The average Bonchev–Trinajstić information content (AvgIpc) is 2.79. The van der Waals surface area contributed by atoms with Gasteiger partial charge in [0.05, 0.1) is 17.7 Å². The second-order valence-electron chi connectivity index (χ2n) is 6.44. The lowest BCUT2D eigenvalue weighted by atomic mass is 10.2. The summed E-state index contributed by atoms with van der Waals surface area (Å²) in [4.78, 5) is 22.4. The first-order valence-electron chi connectivity index (χ1n) is 9.57. The first kappa shape index (κ1) is 21.5. The third-order valence-corrected chi connectivity index (χ3v) is 4.22. The van der Waals surface area contributed by atoms with Crippen molar-refractivity contribution in [2.75, 3.05) is 6.61 Å². The molecule has 0 heterocycles. The number of nitrogens with zero attached hydrogens (tertiary/aromatic N) is 2. The second-order valence-corrected chi connectivity index (χ2v) is 6.44. The third kappa shape index (κ3) is 6.40. The van der Waals surface area contributed by atoms with Gasteiger partial charge < -0.3 is 9.47 Å². The molecule has 0 fully saturated rings. The van der Waals surface area contributed by atoms with E-state index in [1.807, 2.05) is 13.0 Å². The minimum Gasteiger partial charge on any atom is -0.494 e. The molecule has 0 saturated heterocycles. The zero-order valence-electron chi connectivity index (χ0n) is 16.9. The van der Waals surface area contributed by atoms with E-state index in [0.717, 1.165) is 11.1 Å². The van der Waals surface area contributed by atoms with Crippen molar-refractivity contribution < 1.29 is 19.2 Å². The third-order valence-electron chi connectivity index (χ3n) is 4.22. The van der Waals surface area contributed by atoms with Crippen molar-refractivity contribution in [3.63, 3.8) is 0 Å². The molecule has 0 spiro atoms. The van der Waals surface area contributed by atoms with Gasteiger partial charge in [0.25, 0.3) is 11.6 Å². The highest BCUT2D eigenvalue weighted by molar-refractivity contribution is 5.95. The zero-order valence-corrected chi connectivity index (χ0v) is 16.9. The fourth-order valence-corrected chi connectivity index (χ4v) is 2.66. The van der Waals surface area contributed by atoms with Crippen LogP contribution in [0.3, 0.4) is 0 Å². The molecule has 0 unspecified atom stereocenters. The lowest BCUT2D eigenvalue weighted by molar-refractivity contribution is -0.384. The van der Waals surface area contributed by atoms with Crippen molar-refractivity contribution in [2.45, 2.75) is 13.5 Å². The molecule has 0 radical (unpaired) electrons. The number of carbonyl (C=O) groups excluding carboxylic acids is 1. The van der Waals surface area contributed by atoms with Crippen molar-refractivity contribution in [3.8, 4) is 11.5 Å². The van der Waals surface area contributed by atoms with Gasteiger partial charge in [-0.2, -0.15) is 5.10 Å². The predicted octanol–water partition coefficient (Wildman–Crippen LogP) is 4.34. The maximum absolute atomic E-state index is 12.2. The molecular formula is C23H21N3O5. The summed E-state index contributed by atoms with van der Waals surface area (Å²) in [6, 6.07) is 20.2. The summed E-state index contributed by atoms with van der Waals surface area (Å²) in [6.45, 7) is 2.73. The molecule has 1 amide bonds. The molecule has 3 rings (SSSR count). The van der Waals surface area contributed by atoms with Gasteiger partial charge in [-0.25, -0.2) is 5.43 Å². The summed E-state index contributed by atoms with van der Waals surface area (Å²) >= 11 is 0. The minimum absolute atomic E-state index is 0.0363. The van der Waals surface area contributed by atoms with Gasteiger partial charge in [0, 0.05) is 17.7 Å². The Balaban J connectivity index is 1.54. The molecule has 31 heavy (non-hydrogen) atoms. The molecule has 0 aliphatic heterocycles. The molecule has 0 bridgehead atoms. The van der Waals surface area contributed by atoms with Gasteiger partial charge in [0.15, 0.2) is 0 Å². The largest absolute Gasteiger partial charge is 0.494 e. The molecule has 0 saturated carbocycles. The molecule has 8 heteroatoms. The number of nitrogens with one attached hydrogen (secondary N) is 1. The number of benzene rings is 3. The summed E-state index contributed by atoms with van der Waals surface area (Å²) in [5, 5.41) is 14.7. The van der Waals surface area contributed by atoms with Crippen molar-refractivity contribution in [1.82, 2.24) is 5.43 Å². The Morgan fingerprint density at radius 2 is 1.77 bits per heavy atom. The van der Waals surface area contributed by atoms with Gasteiger partial charge in [0.1, 0.15) is 18.1 Å². The van der Waals surface area contributed by atoms with Crippen LogP contribution < -0.4 is 14.9 Å². The number of hydrazone groups is 1. The van der Waals surface area contributed by atoms with Crippen LogP contribution in [0.25, 0.3) is 0 Å². The van der Waals surface area contributed by atoms with E-state index in [1.165, 1.54) is 18.3 Å². The molecule has 0 aromatic heterocycles. The van der Waals surface area contributed by atoms with Crippen LogP contribution in [-0.2, 0) is 6.61 Å². The zero-order chi connectivity index (χ0) is 22.1. The van der Waals surface area contributed by atoms with E-state index in [-0.39, 0.29) is 18.2 Å². The quantitative estimate of drug-likeness (QED) is 0.316. The topological polar surface area (TPSA) is 103 Å². The van der Waals surface area contributed by atoms with Crippen LogP contribution in [0.4, 0.5) is 5.69 Å². The van der Waals surface area contributed by atoms with Crippen LogP contribution in [0.1, 0.15) is 28.4 Å². The number of ether oxygens (including phenoxy) is 2. The van der Waals surface area contributed by atoms with Crippen LogP contribution in [0.15, 0.2) is 77.9 Å². The van der Waals surface area contributed by atoms with Gasteiger partial charge in [-0.15, -0.1) is 0 Å². The Bertz CT molecular complexity index is 1060. The van der Waals surface area contributed by atoms with Crippen molar-refractivity contribution in [2.24, 2.45) is 5.10 Å². The summed E-state index contributed by atoms with van der Waals surface area (Å²) in [5.41, 5.74) is 4.55. The highest BCUT2D eigenvalue weighted by Gasteiger charge is 2.05. The molecule has 0 aliphatic carbocycles. The normalized spacial score (nSPS) is 10.6. The Labute approximate surface area is 179 Å². The molecule has 3 aromatic carbocycles. The fourth-order valence-electron chi connectivity index (χ4n) is 2.66. The number of hydrogen-bond donors (Lipinski definition) is 1. The van der Waals surface area contributed by atoms with E-state index < -0.39 is 4.92 Å². The predicted molar refractivity (Wildman–Crippen MR) is 117 cm³/mol. The SMILES string of the molecule is CCOc1ccc(C(=O)N/N=C\c2cccc(OCc3ccc([N+](=O)[O-])cc3)c2)cc1. The number of nitro benzene ring substituents is 1. The number of amides is 1. The molecule has 158 valence electrons. The first-order valence-corrected chi connectivity index (χ1v) is 9.57. The van der Waals surface area contributed by atoms with E-state index in [9.17, 15) is 14.9 Å². The summed E-state index contributed by atoms with van der Waals surface area (Å²) in [5.74, 6) is 0.984. The number of hydrogen-bond acceptors (Lipinski definition) is 6. The lowest BCUT2D eigenvalue weighted by Gasteiger charge is -2.07. The Morgan fingerprint density at radius 1 is 1.03 bits per heavy atom. The Morgan fingerprint density at radius 3 is 2.45 bits per heavy atom. The van der Waals surface area contributed by atoms with E-state index in [1.54, 1.807) is 54.6 Å². The van der Waals surface area contributed by atoms with Crippen LogP contribution >= 0.6 is 0 Å². The maximum Gasteiger partial charge on any atom is 0.271 e. The number of carbonyl (C=O) groups is 1. The standard InChI is InChI=1S/C23H21N3O5/c1-2-30-21-12-8-19(9-13-21)23(27)25-24-15-18-4-3-5-22(14-18)31-16-17-6-10-20(11-7-17)26(28)29/h3-15H,2,16H2,1H3,(H,25,27)/b24-15-. The number of nitro groups is 1. The van der Waals surface area contributed by atoms with Crippen LogP contribution in [0, 0.1) is 10.1 Å². The van der Waals surface area contributed by atoms with E-state index in [2.05, 4.69) is 10.5 Å². The van der Waals surface area contributed by atoms with Gasteiger partial charge in [-0.3, -0.25) is 14.9 Å². The van der Waals surface area contributed by atoms with Gasteiger partial charge >= 0.3 is 0 Å². The number of rotatable bonds is 9. The van der Waals surface area contributed by atoms with Crippen LogP contribution in [-0.4, -0.2) is 23.7 Å². The summed E-state index contributed by atoms with van der Waals surface area (Å²) < 4.78 is 11.1. The van der Waals surface area contributed by atoms with Crippen LogP contribution in [0.2, 0.25) is 0 Å². The van der Waals surface area contributed by atoms with E-state index in [4.69, 9.17) is 9.47 Å². The highest BCUT2D eigenvalue weighted by Crippen LogP contribution is 2.17. The van der Waals surface area contributed by atoms with Crippen molar-refractivity contribution >= 4 is 17.8 Å². The first-order chi connectivity index (χ1) is 15.0. The van der Waals surface area contributed by atoms with Crippen molar-refractivity contribution in [3.05, 3.63) is 99.6 Å². The molecule has 1 N–H and O–H groups in total. The van der Waals surface area contributed by atoms with Crippen molar-refractivity contribution in [1.29, 1.82) is 0 Å². The maximum atomic E-state index is 12.2. The summed E-state index contributed by atoms with van der Waals surface area (Å²) in [7, 11) is 0. The molecular weight excluding hydrogens is 398 g/mol.